The van der Waals surface area contributed by atoms with Gasteiger partial charge in [0, 0.05) is 27.3 Å². The molecule has 2 aromatic heterocycles. The highest BCUT2D eigenvalue weighted by Gasteiger charge is 2.22. The summed E-state index contributed by atoms with van der Waals surface area (Å²) in [6, 6.07) is 51.9. The molecule has 2 heterocycles. The summed E-state index contributed by atoms with van der Waals surface area (Å²) in [5.41, 5.74) is 8.25. The Morgan fingerprint density at radius 2 is 0.955 bits per heavy atom. The van der Waals surface area contributed by atoms with Gasteiger partial charge in [-0.1, -0.05) is 121 Å². The quantitative estimate of drug-likeness (QED) is 0.197. The summed E-state index contributed by atoms with van der Waals surface area (Å²) < 4.78 is 13.1. The lowest BCUT2D eigenvalue weighted by atomic mass is 9.85. The average Bonchev–Trinajstić information content (AvgIpc) is 3.65. The van der Waals surface area contributed by atoms with E-state index in [4.69, 9.17) is 8.83 Å². The van der Waals surface area contributed by atoms with E-state index in [2.05, 4.69) is 133 Å². The van der Waals surface area contributed by atoms with Gasteiger partial charge in [0.15, 0.2) is 0 Å². The first-order valence-corrected chi connectivity index (χ1v) is 15.0. The number of furan rings is 2. The van der Waals surface area contributed by atoms with Crippen LogP contribution in [-0.4, -0.2) is 0 Å². The summed E-state index contributed by atoms with van der Waals surface area (Å²) in [6.45, 7) is 0. The number of para-hydroxylation sites is 2. The first-order valence-electron chi connectivity index (χ1n) is 15.0. The molecule has 0 bridgehead atoms. The van der Waals surface area contributed by atoms with Crippen LogP contribution in [0, 0.1) is 0 Å². The van der Waals surface area contributed by atoms with Crippen LogP contribution >= 0.6 is 0 Å². The topological polar surface area (TPSA) is 26.3 Å². The maximum Gasteiger partial charge on any atom is 0.147 e. The van der Waals surface area contributed by atoms with Crippen molar-refractivity contribution in [3.05, 3.63) is 146 Å². The lowest BCUT2D eigenvalue weighted by Gasteiger charge is -2.18. The summed E-state index contributed by atoms with van der Waals surface area (Å²) in [5.74, 6) is 0. The average molecular weight is 561 g/mol. The van der Waals surface area contributed by atoms with Crippen molar-refractivity contribution in [1.82, 2.24) is 0 Å². The van der Waals surface area contributed by atoms with E-state index in [0.29, 0.717) is 0 Å². The summed E-state index contributed by atoms with van der Waals surface area (Å²) >= 11 is 0. The van der Waals surface area contributed by atoms with Crippen LogP contribution in [0.5, 0.6) is 0 Å². The summed E-state index contributed by atoms with van der Waals surface area (Å²) in [6.07, 6.45) is 0. The van der Waals surface area contributed by atoms with Gasteiger partial charge in [0.05, 0.1) is 5.39 Å². The Labute approximate surface area is 252 Å². The second-order valence-corrected chi connectivity index (χ2v) is 11.6. The molecule has 0 aliphatic heterocycles. The van der Waals surface area contributed by atoms with E-state index < -0.39 is 0 Å². The summed E-state index contributed by atoms with van der Waals surface area (Å²) in [7, 11) is 0. The maximum atomic E-state index is 6.92. The van der Waals surface area contributed by atoms with Crippen molar-refractivity contribution in [2.75, 3.05) is 0 Å². The zero-order valence-corrected chi connectivity index (χ0v) is 23.7. The third-order valence-corrected chi connectivity index (χ3v) is 9.24. The minimum atomic E-state index is 0.843. The van der Waals surface area contributed by atoms with Crippen LogP contribution in [0.2, 0.25) is 0 Å². The number of fused-ring (bicyclic) bond motifs is 10. The van der Waals surface area contributed by atoms with Crippen molar-refractivity contribution < 1.29 is 8.83 Å². The Morgan fingerprint density at radius 3 is 1.73 bits per heavy atom. The molecule has 0 amide bonds. The van der Waals surface area contributed by atoms with Gasteiger partial charge in [-0.05, 0) is 67.7 Å². The Hall–Kier alpha value is -5.86. The third kappa shape index (κ3) is 3.20. The van der Waals surface area contributed by atoms with Crippen molar-refractivity contribution in [2.45, 2.75) is 0 Å². The van der Waals surface area contributed by atoms with Crippen LogP contribution in [0.1, 0.15) is 0 Å². The number of hydrogen-bond donors (Lipinski definition) is 0. The Morgan fingerprint density at radius 1 is 0.341 bits per heavy atom. The highest BCUT2D eigenvalue weighted by molar-refractivity contribution is 6.27. The zero-order valence-electron chi connectivity index (χ0n) is 23.7. The minimum absolute atomic E-state index is 0.843. The molecule has 0 N–H and O–H groups in total. The van der Waals surface area contributed by atoms with E-state index >= 15 is 0 Å². The Kier molecular flexibility index (Phi) is 4.75. The molecular weight excluding hydrogens is 536 g/mol. The molecule has 0 spiro atoms. The lowest BCUT2D eigenvalue weighted by molar-refractivity contribution is 0.663. The van der Waals surface area contributed by atoms with Crippen LogP contribution in [0.15, 0.2) is 154 Å². The predicted octanol–water partition coefficient (Wildman–Crippen LogP) is 12.3. The normalized spacial score (nSPS) is 12.1. The largest absolute Gasteiger partial charge is 0.456 e. The van der Waals surface area contributed by atoms with Crippen molar-refractivity contribution in [1.29, 1.82) is 0 Å². The smallest absolute Gasteiger partial charge is 0.147 e. The number of benzene rings is 8. The molecule has 204 valence electrons. The van der Waals surface area contributed by atoms with E-state index in [0.717, 1.165) is 49.4 Å². The maximum absolute atomic E-state index is 6.92. The molecule has 0 aliphatic rings. The molecule has 0 aliphatic carbocycles. The fourth-order valence-electron chi connectivity index (χ4n) is 7.34. The van der Waals surface area contributed by atoms with E-state index in [1.54, 1.807) is 0 Å². The SMILES string of the molecule is c1ccc2cc(-c3c4ccccc4c(-c4cccc5c4oc4c5ccc5oc6ccccc6c54)c4ccccc34)ccc2c1. The highest BCUT2D eigenvalue weighted by Crippen LogP contribution is 2.47. The number of hydrogen-bond acceptors (Lipinski definition) is 2. The van der Waals surface area contributed by atoms with Gasteiger partial charge in [-0.2, -0.15) is 0 Å². The van der Waals surface area contributed by atoms with Crippen molar-refractivity contribution >= 4 is 76.2 Å². The molecule has 0 radical (unpaired) electrons. The van der Waals surface area contributed by atoms with Crippen LogP contribution in [-0.2, 0) is 0 Å². The van der Waals surface area contributed by atoms with Gasteiger partial charge in [0.1, 0.15) is 22.3 Å². The molecule has 0 unspecified atom stereocenters. The highest BCUT2D eigenvalue weighted by atomic mass is 16.3. The lowest BCUT2D eigenvalue weighted by Crippen LogP contribution is -1.91. The van der Waals surface area contributed by atoms with Crippen LogP contribution in [0.4, 0.5) is 0 Å². The van der Waals surface area contributed by atoms with Gasteiger partial charge in [0.25, 0.3) is 0 Å². The van der Waals surface area contributed by atoms with Crippen molar-refractivity contribution in [3.8, 4) is 22.3 Å². The second-order valence-electron chi connectivity index (χ2n) is 11.6. The Balaban J connectivity index is 1.33. The molecule has 2 heteroatoms. The zero-order chi connectivity index (χ0) is 28.8. The van der Waals surface area contributed by atoms with Gasteiger partial charge >= 0.3 is 0 Å². The first kappa shape index (κ1) is 23.7. The van der Waals surface area contributed by atoms with Crippen LogP contribution in [0.25, 0.3) is 98.4 Å². The fraction of sp³-hybridized carbons (Fsp3) is 0. The molecule has 0 atom stereocenters. The molecule has 0 saturated carbocycles. The van der Waals surface area contributed by atoms with Gasteiger partial charge in [-0.25, -0.2) is 0 Å². The molecule has 10 rings (SSSR count). The molecule has 0 fully saturated rings. The standard InChI is InChI=1S/C42H24O2/c1-2-11-26-24-27(21-20-25(26)10-1)38-28-12-3-5-14-30(28)39(31-15-6-4-13-29(31)38)35-18-9-17-32-33-22-23-37-40(42(33)44-41(32)35)34-16-7-8-19-36(34)43-37/h1-24H. The van der Waals surface area contributed by atoms with Crippen molar-refractivity contribution in [3.63, 3.8) is 0 Å². The molecule has 8 aromatic carbocycles. The van der Waals surface area contributed by atoms with Gasteiger partial charge in [-0.15, -0.1) is 0 Å². The summed E-state index contributed by atoms with van der Waals surface area (Å²) in [4.78, 5) is 0. The third-order valence-electron chi connectivity index (χ3n) is 9.24. The molecule has 44 heavy (non-hydrogen) atoms. The van der Waals surface area contributed by atoms with E-state index in [1.807, 2.05) is 12.1 Å². The van der Waals surface area contributed by atoms with Gasteiger partial charge in [-0.3, -0.25) is 0 Å². The summed E-state index contributed by atoms with van der Waals surface area (Å²) in [5, 5.41) is 11.7. The van der Waals surface area contributed by atoms with E-state index in [9.17, 15) is 0 Å². The van der Waals surface area contributed by atoms with Crippen LogP contribution < -0.4 is 0 Å². The van der Waals surface area contributed by atoms with Crippen molar-refractivity contribution in [2.24, 2.45) is 0 Å². The second kappa shape index (κ2) is 8.82. The predicted molar refractivity (Wildman–Crippen MR) is 184 cm³/mol. The Bertz CT molecular complexity index is 2720. The van der Waals surface area contributed by atoms with Crippen LogP contribution in [0.3, 0.4) is 0 Å². The molecular formula is C42H24O2. The first-order chi connectivity index (χ1) is 21.8. The molecule has 0 saturated heterocycles. The monoisotopic (exact) mass is 560 g/mol. The molecule has 10 aromatic rings. The fourth-order valence-corrected chi connectivity index (χ4v) is 7.34. The number of rotatable bonds is 2. The van der Waals surface area contributed by atoms with Gasteiger partial charge in [0.2, 0.25) is 0 Å². The van der Waals surface area contributed by atoms with Gasteiger partial charge < -0.3 is 8.83 Å². The molecule has 2 nitrogen and oxygen atoms in total. The minimum Gasteiger partial charge on any atom is -0.456 e. The van der Waals surface area contributed by atoms with E-state index in [1.165, 1.54) is 49.0 Å². The van der Waals surface area contributed by atoms with E-state index in [-0.39, 0.29) is 0 Å².